The Balaban J connectivity index is 1.72. The van der Waals surface area contributed by atoms with Crippen molar-refractivity contribution in [3.63, 3.8) is 0 Å². The minimum atomic E-state index is -1.00. The number of ether oxygens (including phenoxy) is 2. The predicted octanol–water partition coefficient (Wildman–Crippen LogP) is 5.57. The number of carbonyl (C=O) groups is 1. The molecule has 5 heteroatoms. The Morgan fingerprint density at radius 1 is 1.04 bits per heavy atom. The van der Waals surface area contributed by atoms with Crippen LogP contribution < -0.4 is 9.47 Å². The molecule has 0 aliphatic carbocycles. The van der Waals surface area contributed by atoms with E-state index in [1.807, 2.05) is 31.2 Å². The minimum absolute atomic E-state index is 0.169. The quantitative estimate of drug-likeness (QED) is 0.577. The largest absolute Gasteiger partial charge is 0.478 e. The summed E-state index contributed by atoms with van der Waals surface area (Å²) >= 11 is 5.85. The lowest BCUT2D eigenvalue weighted by molar-refractivity contribution is 0.0696. The first-order valence-corrected chi connectivity index (χ1v) is 8.88. The maximum absolute atomic E-state index is 11.2. The third-order valence-corrected chi connectivity index (χ3v) is 4.00. The van der Waals surface area contributed by atoms with Gasteiger partial charge in [0.15, 0.2) is 11.5 Å². The van der Waals surface area contributed by atoms with E-state index in [-0.39, 0.29) is 12.2 Å². The van der Waals surface area contributed by atoms with E-state index < -0.39 is 5.97 Å². The third kappa shape index (κ3) is 5.29. The maximum Gasteiger partial charge on any atom is 0.335 e. The van der Waals surface area contributed by atoms with Crippen molar-refractivity contribution in [1.82, 2.24) is 0 Å². The summed E-state index contributed by atoms with van der Waals surface area (Å²) in [5.74, 6) is 6.38. The van der Waals surface area contributed by atoms with Gasteiger partial charge in [0.1, 0.15) is 12.4 Å². The summed E-state index contributed by atoms with van der Waals surface area (Å²) in [5, 5.41) is 9.87. The van der Waals surface area contributed by atoms with Crippen LogP contribution in [0.2, 0.25) is 5.02 Å². The molecule has 0 saturated carbocycles. The second-order valence-electron chi connectivity index (χ2n) is 5.99. The summed E-state index contributed by atoms with van der Waals surface area (Å²) in [4.78, 5) is 11.2. The highest BCUT2D eigenvalue weighted by molar-refractivity contribution is 6.30. The summed E-state index contributed by atoms with van der Waals surface area (Å²) in [5.41, 5.74) is 1.81. The Labute approximate surface area is 168 Å². The molecule has 0 heterocycles. The number of rotatable bonds is 5. The van der Waals surface area contributed by atoms with Gasteiger partial charge in [0.05, 0.1) is 5.56 Å². The Morgan fingerprint density at radius 3 is 2.46 bits per heavy atom. The molecule has 0 atom stereocenters. The molecule has 0 amide bonds. The first-order chi connectivity index (χ1) is 13.5. The molecule has 0 aliphatic rings. The minimum Gasteiger partial charge on any atom is -0.478 e. The molecule has 28 heavy (non-hydrogen) atoms. The summed E-state index contributed by atoms with van der Waals surface area (Å²) in [6.45, 7) is 1.99. The Morgan fingerprint density at radius 2 is 1.75 bits per heavy atom. The van der Waals surface area contributed by atoms with Crippen molar-refractivity contribution < 1.29 is 19.4 Å². The van der Waals surface area contributed by atoms with E-state index in [1.165, 1.54) is 6.07 Å². The number of aromatic carboxylic acids is 1. The zero-order chi connectivity index (χ0) is 19.9. The Kier molecular flexibility index (Phi) is 6.21. The lowest BCUT2D eigenvalue weighted by atomic mass is 10.1. The summed E-state index contributed by atoms with van der Waals surface area (Å²) in [6.07, 6.45) is 0. The van der Waals surface area contributed by atoms with E-state index in [9.17, 15) is 9.90 Å². The number of carboxylic acids is 1. The van der Waals surface area contributed by atoms with E-state index in [2.05, 4.69) is 11.8 Å². The molecule has 3 rings (SSSR count). The van der Waals surface area contributed by atoms with Crippen molar-refractivity contribution in [2.75, 3.05) is 6.61 Å². The van der Waals surface area contributed by atoms with Gasteiger partial charge in [-0.25, -0.2) is 4.79 Å². The molecule has 0 spiro atoms. The topological polar surface area (TPSA) is 55.8 Å². The molecule has 3 aromatic carbocycles. The zero-order valence-electron chi connectivity index (χ0n) is 15.1. The van der Waals surface area contributed by atoms with Gasteiger partial charge in [0, 0.05) is 10.6 Å². The van der Waals surface area contributed by atoms with Crippen molar-refractivity contribution >= 4 is 17.6 Å². The molecule has 0 bridgehead atoms. The van der Waals surface area contributed by atoms with Crippen LogP contribution in [0, 0.1) is 18.8 Å². The average molecular weight is 393 g/mol. The van der Waals surface area contributed by atoms with Crippen LogP contribution >= 0.6 is 11.6 Å². The first-order valence-electron chi connectivity index (χ1n) is 8.50. The molecule has 0 aliphatic heterocycles. The Hall–Kier alpha value is -3.42. The number of hydrogen-bond acceptors (Lipinski definition) is 3. The average Bonchev–Trinajstić information content (AvgIpc) is 2.67. The molecular formula is C23H17ClO4. The van der Waals surface area contributed by atoms with Crippen molar-refractivity contribution in [3.8, 4) is 29.1 Å². The Bertz CT molecular complexity index is 1050. The first kappa shape index (κ1) is 19.3. The summed E-state index contributed by atoms with van der Waals surface area (Å²) in [7, 11) is 0. The van der Waals surface area contributed by atoms with Crippen LogP contribution in [-0.4, -0.2) is 17.7 Å². The smallest absolute Gasteiger partial charge is 0.335 e. The van der Waals surface area contributed by atoms with E-state index in [4.69, 9.17) is 21.1 Å². The molecule has 140 valence electrons. The van der Waals surface area contributed by atoms with Gasteiger partial charge in [-0.15, -0.1) is 0 Å². The highest BCUT2D eigenvalue weighted by Gasteiger charge is 2.09. The van der Waals surface area contributed by atoms with Gasteiger partial charge >= 0.3 is 5.97 Å². The molecule has 0 radical (unpaired) electrons. The van der Waals surface area contributed by atoms with Crippen LogP contribution in [0.5, 0.6) is 17.2 Å². The summed E-state index contributed by atoms with van der Waals surface area (Å²) in [6, 6.07) is 19.2. The SMILES string of the molecule is Cc1cc(Oc2ccccc2OCC#Cc2ccc(Cl)cc2)cc(C(=O)O)c1. The van der Waals surface area contributed by atoms with E-state index in [0.717, 1.165) is 11.1 Å². The molecule has 0 unspecified atom stereocenters. The van der Waals surface area contributed by atoms with Crippen molar-refractivity contribution in [2.45, 2.75) is 6.92 Å². The number of hydrogen-bond donors (Lipinski definition) is 1. The molecule has 1 N–H and O–H groups in total. The molecular weight excluding hydrogens is 376 g/mol. The fourth-order valence-corrected chi connectivity index (χ4v) is 2.62. The normalized spacial score (nSPS) is 9.93. The standard InChI is InChI=1S/C23H17ClO4/c1-16-13-18(23(25)26)15-20(14-16)28-22-7-3-2-6-21(22)27-12-4-5-17-8-10-19(24)11-9-17/h2-3,6-11,13-15H,12H2,1H3,(H,25,26). The second kappa shape index (κ2) is 8.98. The number of para-hydroxylation sites is 2. The van der Waals surface area contributed by atoms with Crippen LogP contribution in [0.25, 0.3) is 0 Å². The number of aryl methyl sites for hydroxylation is 1. The fourth-order valence-electron chi connectivity index (χ4n) is 2.50. The third-order valence-electron chi connectivity index (χ3n) is 3.75. The van der Waals surface area contributed by atoms with Gasteiger partial charge in [-0.3, -0.25) is 0 Å². The lowest BCUT2D eigenvalue weighted by Gasteiger charge is -2.12. The van der Waals surface area contributed by atoms with E-state index in [0.29, 0.717) is 22.3 Å². The van der Waals surface area contributed by atoms with Gasteiger partial charge in [0.25, 0.3) is 0 Å². The van der Waals surface area contributed by atoms with Gasteiger partial charge in [-0.05, 0) is 67.1 Å². The van der Waals surface area contributed by atoms with Crippen molar-refractivity contribution in [2.24, 2.45) is 0 Å². The van der Waals surface area contributed by atoms with E-state index >= 15 is 0 Å². The van der Waals surface area contributed by atoms with Crippen LogP contribution in [0.4, 0.5) is 0 Å². The van der Waals surface area contributed by atoms with Gasteiger partial charge in [-0.2, -0.15) is 0 Å². The van der Waals surface area contributed by atoms with Crippen molar-refractivity contribution in [3.05, 3.63) is 88.4 Å². The lowest BCUT2D eigenvalue weighted by Crippen LogP contribution is -1.99. The molecule has 0 aromatic heterocycles. The van der Waals surface area contributed by atoms with Gasteiger partial charge < -0.3 is 14.6 Å². The predicted molar refractivity (Wildman–Crippen MR) is 108 cm³/mol. The monoisotopic (exact) mass is 392 g/mol. The van der Waals surface area contributed by atoms with Crippen LogP contribution in [0.3, 0.4) is 0 Å². The van der Waals surface area contributed by atoms with Gasteiger partial charge in [0.2, 0.25) is 0 Å². The number of carboxylic acid groups (broad SMARTS) is 1. The summed E-state index contributed by atoms with van der Waals surface area (Å²) < 4.78 is 11.6. The number of benzene rings is 3. The van der Waals surface area contributed by atoms with Crippen LogP contribution in [-0.2, 0) is 0 Å². The zero-order valence-corrected chi connectivity index (χ0v) is 15.9. The molecule has 0 fully saturated rings. The van der Waals surface area contributed by atoms with Crippen molar-refractivity contribution in [1.29, 1.82) is 0 Å². The van der Waals surface area contributed by atoms with Crippen LogP contribution in [0.1, 0.15) is 21.5 Å². The molecule has 3 aromatic rings. The maximum atomic E-state index is 11.2. The second-order valence-corrected chi connectivity index (χ2v) is 6.42. The highest BCUT2D eigenvalue weighted by Crippen LogP contribution is 2.32. The highest BCUT2D eigenvalue weighted by atomic mass is 35.5. The number of halogens is 1. The van der Waals surface area contributed by atoms with Crippen LogP contribution in [0.15, 0.2) is 66.7 Å². The molecule has 0 saturated heterocycles. The van der Waals surface area contributed by atoms with Gasteiger partial charge in [-0.1, -0.05) is 35.6 Å². The van der Waals surface area contributed by atoms with E-state index in [1.54, 1.807) is 36.4 Å². The fraction of sp³-hybridized carbons (Fsp3) is 0.0870. The molecule has 4 nitrogen and oxygen atoms in total.